The SMILES string of the molecule is O=C(C(Sc1nnc(-c2c[nH]c3ccccc23)o1)c1ccccc1)N1CCCC1. The van der Waals surface area contributed by atoms with Crippen LogP contribution in [0.4, 0.5) is 0 Å². The highest BCUT2D eigenvalue weighted by Crippen LogP contribution is 2.38. The zero-order valence-corrected chi connectivity index (χ0v) is 16.6. The van der Waals surface area contributed by atoms with Gasteiger partial charge in [-0.25, -0.2) is 0 Å². The van der Waals surface area contributed by atoms with Crippen LogP contribution in [0.2, 0.25) is 0 Å². The van der Waals surface area contributed by atoms with Crippen LogP contribution in [0.1, 0.15) is 23.7 Å². The van der Waals surface area contributed by atoms with Gasteiger partial charge in [0.05, 0.1) is 5.56 Å². The molecule has 0 bridgehead atoms. The van der Waals surface area contributed by atoms with Crippen LogP contribution in [0.3, 0.4) is 0 Å². The topological polar surface area (TPSA) is 75.0 Å². The lowest BCUT2D eigenvalue weighted by Gasteiger charge is -2.22. The number of para-hydroxylation sites is 1. The van der Waals surface area contributed by atoms with E-state index in [9.17, 15) is 4.79 Å². The minimum atomic E-state index is -0.398. The van der Waals surface area contributed by atoms with E-state index >= 15 is 0 Å². The summed E-state index contributed by atoms with van der Waals surface area (Å²) in [5.74, 6) is 0.552. The lowest BCUT2D eigenvalue weighted by molar-refractivity contribution is -0.129. The number of carbonyl (C=O) groups excluding carboxylic acids is 1. The second kappa shape index (κ2) is 7.75. The van der Waals surface area contributed by atoms with Gasteiger partial charge in [-0.05, 0) is 36.2 Å². The number of aromatic nitrogens is 3. The molecule has 5 rings (SSSR count). The predicted molar refractivity (Wildman–Crippen MR) is 112 cm³/mol. The molecule has 29 heavy (non-hydrogen) atoms. The molecule has 1 aliphatic heterocycles. The molecule has 1 saturated heterocycles. The molecule has 0 spiro atoms. The van der Waals surface area contributed by atoms with E-state index in [1.165, 1.54) is 11.8 Å². The Balaban J connectivity index is 1.44. The van der Waals surface area contributed by atoms with Crippen molar-refractivity contribution in [3.63, 3.8) is 0 Å². The number of nitrogens with one attached hydrogen (secondary N) is 1. The maximum atomic E-state index is 13.2. The molecule has 7 heteroatoms. The summed E-state index contributed by atoms with van der Waals surface area (Å²) >= 11 is 1.32. The van der Waals surface area contributed by atoms with Gasteiger partial charge in [-0.1, -0.05) is 48.5 Å². The van der Waals surface area contributed by atoms with Gasteiger partial charge in [0.15, 0.2) is 0 Å². The molecule has 1 N–H and O–H groups in total. The quantitative estimate of drug-likeness (QED) is 0.489. The summed E-state index contributed by atoms with van der Waals surface area (Å²) in [4.78, 5) is 18.3. The first-order valence-electron chi connectivity index (χ1n) is 9.70. The second-order valence-corrected chi connectivity index (χ2v) is 8.12. The highest BCUT2D eigenvalue weighted by atomic mass is 32.2. The Morgan fingerprint density at radius 2 is 1.79 bits per heavy atom. The van der Waals surface area contributed by atoms with E-state index in [1.807, 2.05) is 65.7 Å². The van der Waals surface area contributed by atoms with Crippen molar-refractivity contribution in [1.82, 2.24) is 20.1 Å². The Hall–Kier alpha value is -3.06. The Kier molecular flexibility index (Phi) is 4.81. The molecule has 0 aliphatic carbocycles. The zero-order valence-electron chi connectivity index (χ0n) is 15.7. The van der Waals surface area contributed by atoms with Gasteiger partial charge in [-0.15, -0.1) is 10.2 Å². The number of amides is 1. The van der Waals surface area contributed by atoms with Crippen LogP contribution >= 0.6 is 11.8 Å². The summed E-state index contributed by atoms with van der Waals surface area (Å²) in [6.07, 6.45) is 3.99. The molecule has 4 aromatic rings. The Morgan fingerprint density at radius 3 is 2.62 bits per heavy atom. The van der Waals surface area contributed by atoms with Crippen molar-refractivity contribution in [2.45, 2.75) is 23.3 Å². The maximum absolute atomic E-state index is 13.2. The summed E-state index contributed by atoms with van der Waals surface area (Å²) < 4.78 is 5.95. The fourth-order valence-electron chi connectivity index (χ4n) is 3.71. The summed E-state index contributed by atoms with van der Waals surface area (Å²) in [6.45, 7) is 1.63. The number of hydrogen-bond acceptors (Lipinski definition) is 5. The van der Waals surface area contributed by atoms with E-state index in [4.69, 9.17) is 4.42 Å². The molecular weight excluding hydrogens is 384 g/mol. The van der Waals surface area contributed by atoms with E-state index in [1.54, 1.807) is 0 Å². The number of thioether (sulfide) groups is 1. The third-order valence-electron chi connectivity index (χ3n) is 5.19. The Labute approximate surface area is 172 Å². The van der Waals surface area contributed by atoms with Crippen LogP contribution in [-0.4, -0.2) is 39.1 Å². The highest BCUT2D eigenvalue weighted by molar-refractivity contribution is 8.00. The van der Waals surface area contributed by atoms with Gasteiger partial charge in [0.2, 0.25) is 5.91 Å². The van der Waals surface area contributed by atoms with E-state index in [0.29, 0.717) is 11.1 Å². The van der Waals surface area contributed by atoms with Gasteiger partial charge in [-0.3, -0.25) is 4.79 Å². The van der Waals surface area contributed by atoms with Crippen molar-refractivity contribution in [2.75, 3.05) is 13.1 Å². The van der Waals surface area contributed by atoms with Crippen LogP contribution in [0.15, 0.2) is 70.4 Å². The summed E-state index contributed by atoms with van der Waals surface area (Å²) in [7, 11) is 0. The number of fused-ring (bicyclic) bond motifs is 1. The van der Waals surface area contributed by atoms with E-state index in [0.717, 1.165) is 48.0 Å². The third-order valence-corrected chi connectivity index (χ3v) is 6.27. The fourth-order valence-corrected chi connectivity index (χ4v) is 4.67. The van der Waals surface area contributed by atoms with Crippen LogP contribution in [0.5, 0.6) is 0 Å². The average molecular weight is 404 g/mol. The average Bonchev–Trinajstić information content (AvgIpc) is 3.52. The molecule has 0 radical (unpaired) electrons. The van der Waals surface area contributed by atoms with Gasteiger partial charge in [-0.2, -0.15) is 0 Å². The van der Waals surface area contributed by atoms with Crippen LogP contribution < -0.4 is 0 Å². The number of aromatic amines is 1. The van der Waals surface area contributed by atoms with Crippen molar-refractivity contribution >= 4 is 28.6 Å². The summed E-state index contributed by atoms with van der Waals surface area (Å²) in [6, 6.07) is 17.8. The molecule has 146 valence electrons. The van der Waals surface area contributed by atoms with Crippen molar-refractivity contribution < 1.29 is 9.21 Å². The number of nitrogens with zero attached hydrogens (tertiary/aromatic N) is 3. The minimum absolute atomic E-state index is 0.102. The molecule has 1 atom stereocenters. The number of benzene rings is 2. The molecule has 1 aliphatic rings. The lowest BCUT2D eigenvalue weighted by Crippen LogP contribution is -2.31. The largest absolute Gasteiger partial charge is 0.411 e. The highest BCUT2D eigenvalue weighted by Gasteiger charge is 2.30. The number of H-pyrrole nitrogens is 1. The zero-order chi connectivity index (χ0) is 19.6. The van der Waals surface area contributed by atoms with Crippen LogP contribution in [-0.2, 0) is 4.79 Å². The van der Waals surface area contributed by atoms with Crippen molar-refractivity contribution in [2.24, 2.45) is 0 Å². The number of likely N-dealkylation sites (tertiary alicyclic amines) is 1. The molecule has 2 aromatic carbocycles. The smallest absolute Gasteiger partial charge is 0.277 e. The molecule has 3 heterocycles. The predicted octanol–water partition coefficient (Wildman–Crippen LogP) is 4.67. The molecule has 6 nitrogen and oxygen atoms in total. The fraction of sp³-hybridized carbons (Fsp3) is 0.227. The maximum Gasteiger partial charge on any atom is 0.277 e. The molecule has 1 amide bonds. The standard InChI is InChI=1S/C22H20N4O2S/c27-21(26-12-6-7-13-26)19(15-8-2-1-3-9-15)29-22-25-24-20(28-22)17-14-23-18-11-5-4-10-16(17)18/h1-5,8-11,14,19,23H,6-7,12-13H2. The lowest BCUT2D eigenvalue weighted by atomic mass is 10.1. The van der Waals surface area contributed by atoms with E-state index in [-0.39, 0.29) is 5.91 Å². The summed E-state index contributed by atoms with van der Waals surface area (Å²) in [5, 5.41) is 9.47. The first-order valence-corrected chi connectivity index (χ1v) is 10.6. The Bertz CT molecular complexity index is 1130. The van der Waals surface area contributed by atoms with E-state index in [2.05, 4.69) is 15.2 Å². The monoisotopic (exact) mass is 404 g/mol. The van der Waals surface area contributed by atoms with Crippen molar-refractivity contribution in [1.29, 1.82) is 0 Å². The van der Waals surface area contributed by atoms with Gasteiger partial charge in [0.25, 0.3) is 11.1 Å². The number of rotatable bonds is 5. The van der Waals surface area contributed by atoms with Gasteiger partial charge in [0.1, 0.15) is 5.25 Å². The van der Waals surface area contributed by atoms with Crippen molar-refractivity contribution in [3.05, 3.63) is 66.4 Å². The number of carbonyl (C=O) groups is 1. The Morgan fingerprint density at radius 1 is 1.03 bits per heavy atom. The van der Waals surface area contributed by atoms with E-state index < -0.39 is 5.25 Å². The molecular formula is C22H20N4O2S. The van der Waals surface area contributed by atoms with Gasteiger partial charge < -0.3 is 14.3 Å². The molecule has 1 fully saturated rings. The number of hydrogen-bond donors (Lipinski definition) is 1. The first-order chi connectivity index (χ1) is 14.3. The second-order valence-electron chi connectivity index (χ2n) is 7.06. The van der Waals surface area contributed by atoms with Crippen molar-refractivity contribution in [3.8, 4) is 11.5 Å². The van der Waals surface area contributed by atoms with Gasteiger partial charge in [0, 0.05) is 30.2 Å². The molecule has 1 unspecified atom stereocenters. The molecule has 2 aromatic heterocycles. The minimum Gasteiger partial charge on any atom is -0.411 e. The van der Waals surface area contributed by atoms with Gasteiger partial charge >= 0.3 is 0 Å². The normalized spacial score (nSPS) is 15.1. The van der Waals surface area contributed by atoms with Crippen LogP contribution in [0, 0.1) is 0 Å². The first kappa shape index (κ1) is 18.0. The third kappa shape index (κ3) is 3.53. The molecule has 0 saturated carbocycles. The van der Waals surface area contributed by atoms with Crippen LogP contribution in [0.25, 0.3) is 22.4 Å². The summed E-state index contributed by atoms with van der Waals surface area (Å²) in [5.41, 5.74) is 2.82.